The first-order chi connectivity index (χ1) is 11.1. The SMILES string of the molecule is C#CCCCO[C@@H]1[C@H](O)[C@@H](CO)O[C@H]1[n+]1cccc(C(N)=O)c1. The number of primary amides is 1. The van der Waals surface area contributed by atoms with Crippen LogP contribution in [0.4, 0.5) is 0 Å². The molecule has 1 aromatic heterocycles. The molecule has 1 saturated heterocycles. The van der Waals surface area contributed by atoms with Crippen molar-refractivity contribution in [1.29, 1.82) is 0 Å². The number of aliphatic hydroxyl groups excluding tert-OH is 2. The van der Waals surface area contributed by atoms with Gasteiger partial charge in [0, 0.05) is 19.1 Å². The van der Waals surface area contributed by atoms with E-state index in [2.05, 4.69) is 5.92 Å². The van der Waals surface area contributed by atoms with Crippen molar-refractivity contribution >= 4 is 5.91 Å². The van der Waals surface area contributed by atoms with Crippen molar-refractivity contribution in [1.82, 2.24) is 0 Å². The van der Waals surface area contributed by atoms with Crippen LogP contribution in [0.1, 0.15) is 29.4 Å². The Morgan fingerprint density at radius 3 is 3.00 bits per heavy atom. The average Bonchev–Trinajstić information content (AvgIpc) is 2.88. The minimum Gasteiger partial charge on any atom is -0.394 e. The van der Waals surface area contributed by atoms with Crippen LogP contribution in [0.2, 0.25) is 0 Å². The van der Waals surface area contributed by atoms with Crippen molar-refractivity contribution < 1.29 is 29.0 Å². The minimum atomic E-state index is -0.986. The number of hydrogen-bond donors (Lipinski definition) is 3. The van der Waals surface area contributed by atoms with Gasteiger partial charge in [-0.05, 0) is 12.5 Å². The Bertz CT molecular complexity index is 586. The summed E-state index contributed by atoms with van der Waals surface area (Å²) in [4.78, 5) is 11.3. The normalized spacial score (nSPS) is 26.8. The molecule has 23 heavy (non-hydrogen) atoms. The fourth-order valence-corrected chi connectivity index (χ4v) is 2.48. The molecule has 0 spiro atoms. The molecule has 1 aliphatic rings. The van der Waals surface area contributed by atoms with Crippen LogP contribution >= 0.6 is 0 Å². The van der Waals surface area contributed by atoms with Crippen LogP contribution in [-0.2, 0) is 9.47 Å². The molecule has 124 valence electrons. The molecule has 1 fully saturated rings. The highest BCUT2D eigenvalue weighted by Crippen LogP contribution is 2.28. The Labute approximate surface area is 134 Å². The molecule has 0 aromatic carbocycles. The summed E-state index contributed by atoms with van der Waals surface area (Å²) in [5.41, 5.74) is 5.59. The maximum atomic E-state index is 11.3. The largest absolute Gasteiger partial charge is 0.394 e. The van der Waals surface area contributed by atoms with Crippen molar-refractivity contribution in [2.24, 2.45) is 5.73 Å². The van der Waals surface area contributed by atoms with Gasteiger partial charge in [0.1, 0.15) is 17.8 Å². The second-order valence-electron chi connectivity index (χ2n) is 5.29. The monoisotopic (exact) mass is 321 g/mol. The molecule has 7 nitrogen and oxygen atoms in total. The number of aliphatic hydroxyl groups is 2. The molecule has 7 heteroatoms. The van der Waals surface area contributed by atoms with Crippen molar-refractivity contribution in [2.45, 2.75) is 37.4 Å². The van der Waals surface area contributed by atoms with Gasteiger partial charge < -0.3 is 25.4 Å². The van der Waals surface area contributed by atoms with E-state index in [-0.39, 0.29) is 6.61 Å². The zero-order chi connectivity index (χ0) is 16.8. The summed E-state index contributed by atoms with van der Waals surface area (Å²) in [5.74, 6) is 1.95. The van der Waals surface area contributed by atoms with Crippen LogP contribution in [0.15, 0.2) is 24.5 Å². The standard InChI is InChI=1S/C16H20N2O5/c1-2-3-4-8-22-14-13(20)12(10-19)23-16(14)18-7-5-6-11(9-18)15(17)21/h1,5-7,9,12-14,16,19-20H,3-4,8,10H2,(H-,17,21)/p+1/t12-,13-,14-,16-/m1/s1. The number of ether oxygens (including phenoxy) is 2. The van der Waals surface area contributed by atoms with Crippen molar-refractivity contribution in [3.63, 3.8) is 0 Å². The zero-order valence-electron chi connectivity index (χ0n) is 12.7. The second kappa shape index (κ2) is 8.04. The number of carbonyl (C=O) groups is 1. The average molecular weight is 321 g/mol. The number of nitrogens with two attached hydrogens (primary N) is 1. The summed E-state index contributed by atoms with van der Waals surface area (Å²) < 4.78 is 13.0. The molecular weight excluding hydrogens is 300 g/mol. The molecule has 1 aliphatic heterocycles. The van der Waals surface area contributed by atoms with E-state index in [9.17, 15) is 15.0 Å². The van der Waals surface area contributed by atoms with E-state index in [1.54, 1.807) is 22.9 Å². The smallest absolute Gasteiger partial charge is 0.292 e. The minimum absolute atomic E-state index is 0.309. The van der Waals surface area contributed by atoms with Gasteiger partial charge in [-0.3, -0.25) is 4.79 Å². The first-order valence-electron chi connectivity index (χ1n) is 7.38. The third-order valence-corrected chi connectivity index (χ3v) is 3.67. The molecule has 0 unspecified atom stereocenters. The van der Waals surface area contributed by atoms with Gasteiger partial charge in [-0.1, -0.05) is 0 Å². The molecule has 0 aliphatic carbocycles. The van der Waals surface area contributed by atoms with Gasteiger partial charge in [-0.25, -0.2) is 0 Å². The molecule has 2 heterocycles. The summed E-state index contributed by atoms with van der Waals surface area (Å²) >= 11 is 0. The van der Waals surface area contributed by atoms with E-state index in [0.717, 1.165) is 0 Å². The Morgan fingerprint density at radius 2 is 2.35 bits per heavy atom. The number of terminal acetylenes is 1. The van der Waals surface area contributed by atoms with Crippen molar-refractivity contribution in [2.75, 3.05) is 13.2 Å². The van der Waals surface area contributed by atoms with Crippen LogP contribution in [0.25, 0.3) is 0 Å². The van der Waals surface area contributed by atoms with Crippen LogP contribution in [-0.4, -0.2) is 47.6 Å². The van der Waals surface area contributed by atoms with E-state index in [4.69, 9.17) is 21.6 Å². The van der Waals surface area contributed by atoms with Gasteiger partial charge in [0.05, 0.1) is 6.61 Å². The predicted molar refractivity (Wildman–Crippen MR) is 80.0 cm³/mol. The van der Waals surface area contributed by atoms with E-state index in [1.807, 2.05) is 0 Å². The highest BCUT2D eigenvalue weighted by Gasteiger charge is 2.49. The topological polar surface area (TPSA) is 106 Å². The van der Waals surface area contributed by atoms with Gasteiger partial charge in [0.2, 0.25) is 0 Å². The van der Waals surface area contributed by atoms with E-state index < -0.39 is 30.4 Å². The maximum Gasteiger partial charge on any atom is 0.292 e. The fourth-order valence-electron chi connectivity index (χ4n) is 2.48. The number of nitrogens with zero attached hydrogens (tertiary/aromatic N) is 1. The Balaban J connectivity index is 2.17. The van der Waals surface area contributed by atoms with Crippen molar-refractivity contribution in [3.8, 4) is 12.3 Å². The summed E-state index contributed by atoms with van der Waals surface area (Å²) in [7, 11) is 0. The zero-order valence-corrected chi connectivity index (χ0v) is 12.7. The lowest BCUT2D eigenvalue weighted by molar-refractivity contribution is -0.766. The molecule has 2 rings (SSSR count). The highest BCUT2D eigenvalue weighted by molar-refractivity contribution is 5.92. The number of hydrogen-bond acceptors (Lipinski definition) is 5. The lowest BCUT2D eigenvalue weighted by Gasteiger charge is -2.17. The van der Waals surface area contributed by atoms with Gasteiger partial charge in [0.15, 0.2) is 18.5 Å². The molecule has 0 saturated carbocycles. The third kappa shape index (κ3) is 4.06. The Kier molecular flexibility index (Phi) is 6.07. The Hall–Kier alpha value is -1.98. The number of pyridine rings is 1. The van der Waals surface area contributed by atoms with Crippen molar-refractivity contribution in [3.05, 3.63) is 30.1 Å². The number of carbonyl (C=O) groups excluding carboxylic acids is 1. The molecular formula is C16H21N2O5+. The quantitative estimate of drug-likeness (QED) is 0.344. The molecule has 0 radical (unpaired) electrons. The highest BCUT2D eigenvalue weighted by atomic mass is 16.6. The summed E-state index contributed by atoms with van der Waals surface area (Å²) in [6.07, 6.45) is 6.53. The predicted octanol–water partition coefficient (Wildman–Crippen LogP) is -0.878. The van der Waals surface area contributed by atoms with Crippen LogP contribution in [0.3, 0.4) is 0 Å². The van der Waals surface area contributed by atoms with E-state index in [1.165, 1.54) is 6.20 Å². The van der Waals surface area contributed by atoms with Gasteiger partial charge in [-0.15, -0.1) is 12.3 Å². The molecule has 1 amide bonds. The van der Waals surface area contributed by atoms with Crippen LogP contribution in [0, 0.1) is 12.3 Å². The second-order valence-corrected chi connectivity index (χ2v) is 5.29. The first-order valence-corrected chi connectivity index (χ1v) is 7.38. The fraction of sp³-hybridized carbons (Fsp3) is 0.500. The molecule has 4 atom stereocenters. The maximum absolute atomic E-state index is 11.3. The van der Waals surface area contributed by atoms with Crippen LogP contribution in [0.5, 0.6) is 0 Å². The summed E-state index contributed by atoms with van der Waals surface area (Å²) in [6, 6.07) is 3.23. The van der Waals surface area contributed by atoms with E-state index in [0.29, 0.717) is 25.0 Å². The number of aromatic nitrogens is 1. The lowest BCUT2D eigenvalue weighted by Crippen LogP contribution is -2.47. The van der Waals surface area contributed by atoms with Gasteiger partial charge in [-0.2, -0.15) is 4.57 Å². The first kappa shape index (κ1) is 17.4. The molecule has 1 aromatic rings. The van der Waals surface area contributed by atoms with Gasteiger partial charge in [0.25, 0.3) is 12.1 Å². The van der Waals surface area contributed by atoms with E-state index >= 15 is 0 Å². The summed E-state index contributed by atoms with van der Waals surface area (Å²) in [5, 5.41) is 19.6. The Morgan fingerprint density at radius 1 is 1.57 bits per heavy atom. The molecule has 4 N–H and O–H groups in total. The summed E-state index contributed by atoms with van der Waals surface area (Å²) in [6.45, 7) is 0.0258. The number of amides is 1. The van der Waals surface area contributed by atoms with Gasteiger partial charge >= 0.3 is 0 Å². The van der Waals surface area contributed by atoms with Crippen LogP contribution < -0.4 is 10.3 Å². The number of unbranched alkanes of at least 4 members (excludes halogenated alkanes) is 1. The third-order valence-electron chi connectivity index (χ3n) is 3.67. The number of rotatable bonds is 7. The lowest BCUT2D eigenvalue weighted by atomic mass is 10.1. The molecule has 0 bridgehead atoms.